The molecule has 62 valence electrons. The number of hydrogen-bond acceptors (Lipinski definition) is 2. The van der Waals surface area contributed by atoms with Gasteiger partial charge in [0.1, 0.15) is 0 Å². The van der Waals surface area contributed by atoms with E-state index in [0.717, 1.165) is 12.8 Å². The molecule has 0 aromatic carbocycles. The molecule has 0 saturated carbocycles. The number of unbranched alkanes of at least 4 members (excludes halogenated alkanes) is 1. The second-order valence-electron chi connectivity index (χ2n) is 2.01. The van der Waals surface area contributed by atoms with Crippen LogP contribution in [-0.2, 0) is 10.1 Å². The standard InChI is InChI=1S/C6H12O3S.Na.H/c1-2-3-4-5-6-10(7,8)9;;/h4-5H,2-3,6H2,1H3,(H,7,8,9);;. The van der Waals surface area contributed by atoms with Crippen LogP contribution in [0.3, 0.4) is 0 Å². The molecule has 1 N–H and O–H groups in total. The average molecular weight is 188 g/mol. The molecule has 0 amide bonds. The molecule has 0 radical (unpaired) electrons. The van der Waals surface area contributed by atoms with Crippen molar-refractivity contribution in [3.05, 3.63) is 12.2 Å². The van der Waals surface area contributed by atoms with E-state index in [9.17, 15) is 8.42 Å². The summed E-state index contributed by atoms with van der Waals surface area (Å²) < 4.78 is 28.4. The van der Waals surface area contributed by atoms with Crippen LogP contribution < -0.4 is 0 Å². The quantitative estimate of drug-likeness (QED) is 0.399. The SMILES string of the molecule is CCCC=CCS(=O)(=O)O.[NaH]. The van der Waals surface area contributed by atoms with E-state index in [2.05, 4.69) is 0 Å². The van der Waals surface area contributed by atoms with Gasteiger partial charge in [-0.1, -0.05) is 25.5 Å². The monoisotopic (exact) mass is 188 g/mol. The van der Waals surface area contributed by atoms with Crippen LogP contribution in [0.25, 0.3) is 0 Å². The molecule has 0 rings (SSSR count). The topological polar surface area (TPSA) is 54.4 Å². The third kappa shape index (κ3) is 13.6. The summed E-state index contributed by atoms with van der Waals surface area (Å²) in [5.74, 6) is -0.271. The third-order valence-electron chi connectivity index (χ3n) is 0.929. The van der Waals surface area contributed by atoms with Gasteiger partial charge in [-0.3, -0.25) is 4.55 Å². The molecule has 0 fully saturated rings. The fraction of sp³-hybridized carbons (Fsp3) is 0.667. The van der Waals surface area contributed by atoms with Crippen molar-refractivity contribution in [2.75, 3.05) is 5.75 Å². The van der Waals surface area contributed by atoms with Crippen molar-refractivity contribution in [2.24, 2.45) is 0 Å². The Labute approximate surface area is 89.9 Å². The van der Waals surface area contributed by atoms with Gasteiger partial charge < -0.3 is 0 Å². The summed E-state index contributed by atoms with van der Waals surface area (Å²) in [5.41, 5.74) is 0. The molecule has 0 heterocycles. The third-order valence-corrected chi connectivity index (χ3v) is 1.54. The van der Waals surface area contributed by atoms with Crippen LogP contribution in [0.15, 0.2) is 12.2 Å². The molecule has 11 heavy (non-hydrogen) atoms. The normalized spacial score (nSPS) is 11.5. The van der Waals surface area contributed by atoms with E-state index in [4.69, 9.17) is 4.55 Å². The number of rotatable bonds is 4. The van der Waals surface area contributed by atoms with E-state index in [1.165, 1.54) is 6.08 Å². The minimum atomic E-state index is -3.79. The van der Waals surface area contributed by atoms with E-state index >= 15 is 0 Å². The molecule has 0 aliphatic rings. The summed E-state index contributed by atoms with van der Waals surface area (Å²) >= 11 is 0. The second-order valence-corrected chi connectivity index (χ2v) is 3.51. The van der Waals surface area contributed by atoms with Gasteiger partial charge in [0.05, 0.1) is 5.75 Å². The van der Waals surface area contributed by atoms with Crippen molar-refractivity contribution in [3.63, 3.8) is 0 Å². The van der Waals surface area contributed by atoms with Crippen LogP contribution in [0.5, 0.6) is 0 Å². The predicted molar refractivity (Wildman–Crippen MR) is 47.6 cm³/mol. The Kier molecular flexibility index (Phi) is 9.43. The Morgan fingerprint density at radius 1 is 1.36 bits per heavy atom. The Hall–Kier alpha value is 0.650. The van der Waals surface area contributed by atoms with Gasteiger partial charge in [0.15, 0.2) is 0 Å². The predicted octanol–water partition coefficient (Wildman–Crippen LogP) is 0.582. The first-order valence-electron chi connectivity index (χ1n) is 3.16. The molecule has 0 saturated heterocycles. The number of allylic oxidation sites excluding steroid dienone is 1. The molecule has 0 aromatic heterocycles. The van der Waals surface area contributed by atoms with Crippen LogP contribution in [0.1, 0.15) is 19.8 Å². The second kappa shape index (κ2) is 7.31. The molecule has 0 spiro atoms. The van der Waals surface area contributed by atoms with Crippen molar-refractivity contribution >= 4 is 39.7 Å². The van der Waals surface area contributed by atoms with Crippen LogP contribution >= 0.6 is 0 Å². The van der Waals surface area contributed by atoms with E-state index in [1.807, 2.05) is 6.92 Å². The van der Waals surface area contributed by atoms with Gasteiger partial charge in [-0.05, 0) is 6.42 Å². The van der Waals surface area contributed by atoms with Crippen molar-refractivity contribution in [3.8, 4) is 0 Å². The van der Waals surface area contributed by atoms with Crippen LogP contribution in [-0.4, -0.2) is 48.3 Å². The molecule has 0 atom stereocenters. The fourth-order valence-corrected chi connectivity index (χ4v) is 0.853. The summed E-state index contributed by atoms with van der Waals surface area (Å²) in [5, 5.41) is 0. The van der Waals surface area contributed by atoms with E-state index in [0.29, 0.717) is 0 Å². The summed E-state index contributed by atoms with van der Waals surface area (Å²) in [6, 6.07) is 0. The first kappa shape index (κ1) is 14.2. The molecule has 0 bridgehead atoms. The van der Waals surface area contributed by atoms with E-state index in [1.54, 1.807) is 6.08 Å². The van der Waals surface area contributed by atoms with Crippen molar-refractivity contribution < 1.29 is 13.0 Å². The zero-order valence-electron chi connectivity index (χ0n) is 5.95. The Morgan fingerprint density at radius 3 is 2.27 bits per heavy atom. The van der Waals surface area contributed by atoms with Crippen LogP contribution in [0.2, 0.25) is 0 Å². The van der Waals surface area contributed by atoms with E-state index in [-0.39, 0.29) is 35.3 Å². The molecule has 0 aromatic rings. The summed E-state index contributed by atoms with van der Waals surface area (Å²) in [7, 11) is -3.79. The van der Waals surface area contributed by atoms with Crippen LogP contribution in [0, 0.1) is 0 Å². The maximum atomic E-state index is 10.1. The van der Waals surface area contributed by atoms with Gasteiger partial charge in [-0.25, -0.2) is 0 Å². The van der Waals surface area contributed by atoms with Gasteiger partial charge in [-0.15, -0.1) is 0 Å². The van der Waals surface area contributed by atoms with Crippen molar-refractivity contribution in [1.29, 1.82) is 0 Å². The van der Waals surface area contributed by atoms with Gasteiger partial charge in [-0.2, -0.15) is 8.42 Å². The van der Waals surface area contributed by atoms with Crippen LogP contribution in [0.4, 0.5) is 0 Å². The average Bonchev–Trinajstić information content (AvgIpc) is 1.78. The van der Waals surface area contributed by atoms with Gasteiger partial charge in [0, 0.05) is 0 Å². The van der Waals surface area contributed by atoms with E-state index < -0.39 is 10.1 Å². The molecule has 0 unspecified atom stereocenters. The summed E-state index contributed by atoms with van der Waals surface area (Å²) in [6.07, 6.45) is 5.05. The zero-order valence-corrected chi connectivity index (χ0v) is 6.76. The summed E-state index contributed by atoms with van der Waals surface area (Å²) in [6.45, 7) is 2.00. The number of hydrogen-bond donors (Lipinski definition) is 1. The molecular formula is C6H13NaO3S. The Bertz CT molecular complexity index is 196. The van der Waals surface area contributed by atoms with Crippen molar-refractivity contribution in [2.45, 2.75) is 19.8 Å². The zero-order chi connectivity index (χ0) is 8.04. The Balaban J connectivity index is 0. The molecule has 3 nitrogen and oxygen atoms in total. The van der Waals surface area contributed by atoms with Gasteiger partial charge in [0.25, 0.3) is 10.1 Å². The first-order chi connectivity index (χ1) is 4.56. The Morgan fingerprint density at radius 2 is 1.91 bits per heavy atom. The van der Waals surface area contributed by atoms with Gasteiger partial charge >= 0.3 is 29.6 Å². The van der Waals surface area contributed by atoms with Crippen molar-refractivity contribution in [1.82, 2.24) is 0 Å². The molecule has 5 heteroatoms. The molecule has 0 aliphatic carbocycles. The molecular weight excluding hydrogens is 175 g/mol. The first-order valence-corrected chi connectivity index (χ1v) is 4.77. The van der Waals surface area contributed by atoms with Gasteiger partial charge in [0.2, 0.25) is 0 Å². The summed E-state index contributed by atoms with van der Waals surface area (Å²) in [4.78, 5) is 0. The maximum absolute atomic E-state index is 10.1. The molecule has 0 aliphatic heterocycles. The fourth-order valence-electron chi connectivity index (χ4n) is 0.474. The minimum absolute atomic E-state index is 0.